The van der Waals surface area contributed by atoms with E-state index in [2.05, 4.69) is 54.5 Å². The van der Waals surface area contributed by atoms with Crippen molar-refractivity contribution in [2.75, 3.05) is 26.7 Å². The molecule has 0 saturated heterocycles. The minimum Gasteiger partial charge on any atom is -0.308 e. The molecule has 0 radical (unpaired) electrons. The molecule has 2 heteroatoms. The average Bonchev–Trinajstić information content (AvgIpc) is 2.53. The minimum atomic E-state index is 0.543. The number of nitrogens with one attached hydrogen (secondary N) is 1. The summed E-state index contributed by atoms with van der Waals surface area (Å²) >= 11 is 0. The molecule has 0 amide bonds. The van der Waals surface area contributed by atoms with Crippen LogP contribution in [0, 0.1) is 5.92 Å². The highest BCUT2D eigenvalue weighted by atomic mass is 15.1. The van der Waals surface area contributed by atoms with Crippen molar-refractivity contribution in [2.45, 2.75) is 45.1 Å². The van der Waals surface area contributed by atoms with Crippen LogP contribution in [0.15, 0.2) is 30.3 Å². The van der Waals surface area contributed by atoms with Gasteiger partial charge in [0.25, 0.3) is 0 Å². The summed E-state index contributed by atoms with van der Waals surface area (Å²) in [5.74, 6) is 0.818. The third-order valence-corrected chi connectivity index (χ3v) is 4.68. The van der Waals surface area contributed by atoms with Crippen LogP contribution in [0.4, 0.5) is 0 Å². The normalized spacial score (nSPS) is 18.4. The monoisotopic (exact) mass is 274 g/mol. The SMILES string of the molecule is CCN(C)CCNC(c1ccccc1)C1CCCCC1. The maximum absolute atomic E-state index is 3.83. The largest absolute Gasteiger partial charge is 0.308 e. The summed E-state index contributed by atoms with van der Waals surface area (Å²) in [5.41, 5.74) is 1.47. The van der Waals surface area contributed by atoms with Crippen molar-refractivity contribution in [2.24, 2.45) is 5.92 Å². The van der Waals surface area contributed by atoms with Gasteiger partial charge in [0.05, 0.1) is 0 Å². The molecule has 1 N–H and O–H groups in total. The second-order valence-corrected chi connectivity index (χ2v) is 6.14. The van der Waals surface area contributed by atoms with Gasteiger partial charge in [0, 0.05) is 19.1 Å². The maximum atomic E-state index is 3.83. The second-order valence-electron chi connectivity index (χ2n) is 6.14. The molecule has 0 aliphatic heterocycles. The molecular formula is C18H30N2. The van der Waals surface area contributed by atoms with E-state index in [0.717, 1.165) is 25.6 Å². The molecule has 0 heterocycles. The Morgan fingerprint density at radius 3 is 2.50 bits per heavy atom. The highest BCUT2D eigenvalue weighted by molar-refractivity contribution is 5.19. The number of rotatable bonds is 7. The first-order valence-corrected chi connectivity index (χ1v) is 8.28. The van der Waals surface area contributed by atoms with Crippen LogP contribution >= 0.6 is 0 Å². The Kier molecular flexibility index (Phi) is 6.55. The quantitative estimate of drug-likeness (QED) is 0.812. The van der Waals surface area contributed by atoms with Gasteiger partial charge in [-0.05, 0) is 37.9 Å². The number of likely N-dealkylation sites (N-methyl/N-ethyl adjacent to an activating group) is 1. The number of benzene rings is 1. The first-order valence-electron chi connectivity index (χ1n) is 8.28. The van der Waals surface area contributed by atoms with Crippen molar-refractivity contribution in [3.05, 3.63) is 35.9 Å². The third kappa shape index (κ3) is 4.60. The van der Waals surface area contributed by atoms with E-state index in [0.29, 0.717) is 6.04 Å². The zero-order valence-corrected chi connectivity index (χ0v) is 13.1. The van der Waals surface area contributed by atoms with Gasteiger partial charge in [-0.1, -0.05) is 56.5 Å². The van der Waals surface area contributed by atoms with Crippen LogP contribution in [-0.2, 0) is 0 Å². The van der Waals surface area contributed by atoms with Crippen molar-refractivity contribution in [1.82, 2.24) is 10.2 Å². The molecule has 1 aromatic carbocycles. The Hall–Kier alpha value is -0.860. The smallest absolute Gasteiger partial charge is 0.0349 e. The summed E-state index contributed by atoms with van der Waals surface area (Å²) in [7, 11) is 2.19. The Labute approximate surface area is 124 Å². The summed E-state index contributed by atoms with van der Waals surface area (Å²) in [6, 6.07) is 11.6. The Bertz CT molecular complexity index is 357. The van der Waals surface area contributed by atoms with Crippen LogP contribution in [0.2, 0.25) is 0 Å². The lowest BCUT2D eigenvalue weighted by Gasteiger charge is -2.32. The van der Waals surface area contributed by atoms with Crippen LogP contribution in [-0.4, -0.2) is 31.6 Å². The summed E-state index contributed by atoms with van der Waals surface area (Å²) in [6.07, 6.45) is 7.01. The van der Waals surface area contributed by atoms with Gasteiger partial charge in [0.2, 0.25) is 0 Å². The molecule has 1 saturated carbocycles. The molecule has 20 heavy (non-hydrogen) atoms. The molecule has 1 aliphatic rings. The molecular weight excluding hydrogens is 244 g/mol. The number of hydrogen-bond donors (Lipinski definition) is 1. The molecule has 1 aliphatic carbocycles. The van der Waals surface area contributed by atoms with E-state index in [9.17, 15) is 0 Å². The van der Waals surface area contributed by atoms with Crippen molar-refractivity contribution >= 4 is 0 Å². The summed E-state index contributed by atoms with van der Waals surface area (Å²) < 4.78 is 0. The number of hydrogen-bond acceptors (Lipinski definition) is 2. The molecule has 2 rings (SSSR count). The van der Waals surface area contributed by atoms with Gasteiger partial charge in [-0.15, -0.1) is 0 Å². The Morgan fingerprint density at radius 1 is 1.15 bits per heavy atom. The molecule has 1 atom stereocenters. The van der Waals surface area contributed by atoms with Crippen LogP contribution < -0.4 is 5.32 Å². The van der Waals surface area contributed by atoms with Crippen molar-refractivity contribution in [3.63, 3.8) is 0 Å². The van der Waals surface area contributed by atoms with E-state index in [1.807, 2.05) is 0 Å². The minimum absolute atomic E-state index is 0.543. The van der Waals surface area contributed by atoms with Gasteiger partial charge in [-0.2, -0.15) is 0 Å². The fourth-order valence-corrected chi connectivity index (χ4v) is 3.25. The lowest BCUT2D eigenvalue weighted by Crippen LogP contribution is -2.35. The number of nitrogens with zero attached hydrogens (tertiary/aromatic N) is 1. The van der Waals surface area contributed by atoms with Crippen LogP contribution in [0.25, 0.3) is 0 Å². The molecule has 1 fully saturated rings. The van der Waals surface area contributed by atoms with Gasteiger partial charge in [-0.3, -0.25) is 0 Å². The van der Waals surface area contributed by atoms with E-state index >= 15 is 0 Å². The average molecular weight is 274 g/mol. The van der Waals surface area contributed by atoms with Crippen molar-refractivity contribution in [1.29, 1.82) is 0 Å². The highest BCUT2D eigenvalue weighted by Crippen LogP contribution is 2.34. The highest BCUT2D eigenvalue weighted by Gasteiger charge is 2.24. The summed E-state index contributed by atoms with van der Waals surface area (Å²) in [6.45, 7) is 5.56. The molecule has 112 valence electrons. The molecule has 1 unspecified atom stereocenters. The first-order chi connectivity index (χ1) is 9.81. The third-order valence-electron chi connectivity index (χ3n) is 4.68. The second kappa shape index (κ2) is 8.43. The van der Waals surface area contributed by atoms with Crippen LogP contribution in [0.5, 0.6) is 0 Å². The van der Waals surface area contributed by atoms with E-state index in [1.54, 1.807) is 0 Å². The van der Waals surface area contributed by atoms with Gasteiger partial charge >= 0.3 is 0 Å². The van der Waals surface area contributed by atoms with E-state index in [4.69, 9.17) is 0 Å². The molecule has 1 aromatic rings. The van der Waals surface area contributed by atoms with E-state index in [1.165, 1.54) is 37.7 Å². The van der Waals surface area contributed by atoms with Gasteiger partial charge in [0.1, 0.15) is 0 Å². The Morgan fingerprint density at radius 2 is 1.85 bits per heavy atom. The standard InChI is InChI=1S/C18H30N2/c1-3-20(2)15-14-19-18(16-10-6-4-7-11-16)17-12-8-5-9-13-17/h4,6-7,10-11,17-19H,3,5,8-9,12-15H2,1-2H3. The fourth-order valence-electron chi connectivity index (χ4n) is 3.25. The Balaban J connectivity index is 1.96. The van der Waals surface area contributed by atoms with Crippen molar-refractivity contribution < 1.29 is 0 Å². The molecule has 0 aromatic heterocycles. The molecule has 0 bridgehead atoms. The predicted molar refractivity (Wildman–Crippen MR) is 86.9 cm³/mol. The summed E-state index contributed by atoms with van der Waals surface area (Å²) in [4.78, 5) is 2.37. The van der Waals surface area contributed by atoms with Crippen LogP contribution in [0.1, 0.15) is 50.6 Å². The summed E-state index contributed by atoms with van der Waals surface area (Å²) in [5, 5.41) is 3.83. The van der Waals surface area contributed by atoms with Gasteiger partial charge in [-0.25, -0.2) is 0 Å². The molecule has 2 nitrogen and oxygen atoms in total. The lowest BCUT2D eigenvalue weighted by molar-refractivity contribution is 0.258. The predicted octanol–water partition coefficient (Wildman–Crippen LogP) is 3.85. The first kappa shape index (κ1) is 15.5. The van der Waals surface area contributed by atoms with E-state index < -0.39 is 0 Å². The van der Waals surface area contributed by atoms with Crippen molar-refractivity contribution in [3.8, 4) is 0 Å². The van der Waals surface area contributed by atoms with Gasteiger partial charge < -0.3 is 10.2 Å². The zero-order chi connectivity index (χ0) is 14.2. The topological polar surface area (TPSA) is 15.3 Å². The fraction of sp³-hybridized carbons (Fsp3) is 0.667. The lowest BCUT2D eigenvalue weighted by atomic mass is 9.81. The van der Waals surface area contributed by atoms with Gasteiger partial charge in [0.15, 0.2) is 0 Å². The van der Waals surface area contributed by atoms with E-state index in [-0.39, 0.29) is 0 Å². The molecule has 0 spiro atoms. The van der Waals surface area contributed by atoms with Crippen LogP contribution in [0.3, 0.4) is 0 Å². The zero-order valence-electron chi connectivity index (χ0n) is 13.1. The maximum Gasteiger partial charge on any atom is 0.0349 e.